The van der Waals surface area contributed by atoms with Gasteiger partial charge in [-0.1, -0.05) is 0 Å². The number of nitrogens with zero attached hydrogens (tertiary/aromatic N) is 4. The van der Waals surface area contributed by atoms with Crippen LogP contribution in [0.5, 0.6) is 28.7 Å². The van der Waals surface area contributed by atoms with Crippen LogP contribution in [0, 0.1) is 5.82 Å². The van der Waals surface area contributed by atoms with E-state index in [4.69, 9.17) is 23.7 Å². The normalized spacial score (nSPS) is 13.2. The summed E-state index contributed by atoms with van der Waals surface area (Å²) in [7, 11) is 3.09. The third kappa shape index (κ3) is 7.37. The zero-order chi connectivity index (χ0) is 33.5. The Hall–Kier alpha value is -5.53. The first-order valence-corrected chi connectivity index (χ1v) is 15.3. The van der Waals surface area contributed by atoms with E-state index in [1.165, 1.54) is 36.2 Å². The highest BCUT2D eigenvalue weighted by Gasteiger charge is 2.18. The number of rotatable bonds is 12. The van der Waals surface area contributed by atoms with Crippen molar-refractivity contribution in [2.24, 2.45) is 0 Å². The van der Waals surface area contributed by atoms with Crippen LogP contribution in [0.25, 0.3) is 16.6 Å². The van der Waals surface area contributed by atoms with Crippen LogP contribution in [-0.2, 0) is 4.74 Å². The number of nitrogens with one attached hydrogen (secondary N) is 1. The number of fused-ring (bicyclic) bond motifs is 1. The van der Waals surface area contributed by atoms with Crippen LogP contribution in [0.4, 0.5) is 10.1 Å². The monoisotopic (exact) mass is 655 g/mol. The first-order chi connectivity index (χ1) is 23.4. The molecular weight excluding hydrogens is 621 g/mol. The fraction of sp³-hybridized carbons (Fsp3) is 0.257. The fourth-order valence-electron chi connectivity index (χ4n) is 5.27. The van der Waals surface area contributed by atoms with Gasteiger partial charge in [0.25, 0.3) is 11.5 Å². The Morgan fingerprint density at radius 3 is 2.48 bits per heavy atom. The molecular formula is C35H34FN5O7. The Kier molecular flexibility index (Phi) is 10.1. The van der Waals surface area contributed by atoms with Crippen molar-refractivity contribution in [2.45, 2.75) is 6.42 Å². The van der Waals surface area contributed by atoms with Crippen molar-refractivity contribution < 1.29 is 32.9 Å². The molecule has 2 aromatic heterocycles. The number of benzene rings is 3. The van der Waals surface area contributed by atoms with Gasteiger partial charge in [0.1, 0.15) is 11.5 Å². The van der Waals surface area contributed by atoms with Crippen LogP contribution in [0.1, 0.15) is 16.9 Å². The molecule has 0 aliphatic carbocycles. The summed E-state index contributed by atoms with van der Waals surface area (Å²) in [5.74, 6) is 0.402. The molecule has 0 atom stereocenters. The molecule has 5 aromatic rings. The maximum absolute atomic E-state index is 15.3. The molecule has 1 amide bonds. The van der Waals surface area contributed by atoms with Gasteiger partial charge in [0.05, 0.1) is 39.6 Å². The number of methoxy groups -OCH3 is 2. The Labute approximate surface area is 275 Å². The molecule has 0 saturated carbocycles. The Balaban J connectivity index is 1.14. The van der Waals surface area contributed by atoms with Gasteiger partial charge in [-0.15, -0.1) is 0 Å². The average Bonchev–Trinajstić information content (AvgIpc) is 3.11. The van der Waals surface area contributed by atoms with E-state index >= 15 is 4.39 Å². The fourth-order valence-corrected chi connectivity index (χ4v) is 5.27. The number of halogens is 1. The molecule has 0 bridgehead atoms. The standard InChI is InChI=1S/C35H34FN5O7/c1-44-25-7-5-24(6-8-25)41-14-12-38-33(35(41)43)34(42)39-23-4-9-30(27(36)20-23)48-29-10-11-37-28-22-32(31(45-2)21-26(28)29)47-17-3-13-40-15-18-46-19-16-40/h4-12,14,20-22H,3,13,15-19H2,1-2H3,(H,39,42). The minimum atomic E-state index is -0.790. The molecule has 248 valence electrons. The molecule has 1 N–H and O–H groups in total. The van der Waals surface area contributed by atoms with Gasteiger partial charge in [-0.25, -0.2) is 9.37 Å². The summed E-state index contributed by atoms with van der Waals surface area (Å²) in [6.45, 7) is 4.76. The first kappa shape index (κ1) is 32.4. The van der Waals surface area contributed by atoms with Crippen molar-refractivity contribution in [1.29, 1.82) is 0 Å². The highest BCUT2D eigenvalue weighted by Crippen LogP contribution is 2.38. The van der Waals surface area contributed by atoms with E-state index in [2.05, 4.69) is 20.2 Å². The highest BCUT2D eigenvalue weighted by atomic mass is 19.1. The maximum Gasteiger partial charge on any atom is 0.286 e. The maximum atomic E-state index is 15.3. The summed E-state index contributed by atoms with van der Waals surface area (Å²) < 4.78 is 44.7. The predicted octanol–water partition coefficient (Wildman–Crippen LogP) is 5.08. The largest absolute Gasteiger partial charge is 0.497 e. The second-order valence-corrected chi connectivity index (χ2v) is 10.8. The minimum absolute atomic E-state index is 0.0809. The number of aromatic nitrogens is 3. The summed E-state index contributed by atoms with van der Waals surface area (Å²) >= 11 is 0. The number of hydrogen-bond donors (Lipinski definition) is 1. The van der Waals surface area contributed by atoms with Gasteiger partial charge in [0.2, 0.25) is 0 Å². The van der Waals surface area contributed by atoms with Gasteiger partial charge in [0, 0.05) is 67.1 Å². The van der Waals surface area contributed by atoms with Crippen LogP contribution < -0.4 is 29.8 Å². The van der Waals surface area contributed by atoms with E-state index in [0.29, 0.717) is 46.2 Å². The van der Waals surface area contributed by atoms with E-state index < -0.39 is 17.3 Å². The predicted molar refractivity (Wildman–Crippen MR) is 176 cm³/mol. The van der Waals surface area contributed by atoms with E-state index in [1.54, 1.807) is 55.8 Å². The van der Waals surface area contributed by atoms with Gasteiger partial charge in [-0.3, -0.25) is 24.0 Å². The molecule has 1 aliphatic heterocycles. The van der Waals surface area contributed by atoms with Crippen LogP contribution in [0.15, 0.2) is 84.0 Å². The molecule has 13 heteroatoms. The number of ether oxygens (including phenoxy) is 5. The van der Waals surface area contributed by atoms with Crippen LogP contribution in [0.3, 0.4) is 0 Å². The number of anilines is 1. The Morgan fingerprint density at radius 1 is 0.917 bits per heavy atom. The number of amides is 1. The van der Waals surface area contributed by atoms with Gasteiger partial charge in [-0.2, -0.15) is 0 Å². The molecule has 1 aliphatic rings. The number of carbonyl (C=O) groups excluding carboxylic acids is 1. The highest BCUT2D eigenvalue weighted by molar-refractivity contribution is 6.02. The van der Waals surface area contributed by atoms with Gasteiger partial charge < -0.3 is 29.0 Å². The second-order valence-electron chi connectivity index (χ2n) is 10.8. The van der Waals surface area contributed by atoms with Gasteiger partial charge in [0.15, 0.2) is 28.8 Å². The molecule has 0 unspecified atom stereocenters. The van der Waals surface area contributed by atoms with Crippen molar-refractivity contribution in [3.63, 3.8) is 0 Å². The molecule has 3 aromatic carbocycles. The molecule has 0 spiro atoms. The van der Waals surface area contributed by atoms with E-state index in [0.717, 1.165) is 45.3 Å². The van der Waals surface area contributed by atoms with E-state index in [1.807, 2.05) is 0 Å². The number of carbonyl (C=O) groups is 1. The number of hydrogen-bond acceptors (Lipinski definition) is 10. The van der Waals surface area contributed by atoms with Crippen molar-refractivity contribution >= 4 is 22.5 Å². The summed E-state index contributed by atoms with van der Waals surface area (Å²) in [5, 5.41) is 3.13. The number of morpholine rings is 1. The molecule has 0 radical (unpaired) electrons. The van der Waals surface area contributed by atoms with Crippen LogP contribution in [-0.4, -0.2) is 79.0 Å². The topological polar surface area (TPSA) is 126 Å². The zero-order valence-corrected chi connectivity index (χ0v) is 26.5. The van der Waals surface area contributed by atoms with Crippen molar-refractivity contribution in [2.75, 3.05) is 59.0 Å². The molecule has 3 heterocycles. The average molecular weight is 656 g/mol. The SMILES string of the molecule is COc1ccc(-n2ccnc(C(=O)Nc3ccc(Oc4ccnc5cc(OCCCN6CCOCC6)c(OC)cc45)c(F)c3)c2=O)cc1. The zero-order valence-electron chi connectivity index (χ0n) is 26.5. The van der Waals surface area contributed by atoms with E-state index in [9.17, 15) is 9.59 Å². The smallest absolute Gasteiger partial charge is 0.286 e. The van der Waals surface area contributed by atoms with Crippen LogP contribution in [0.2, 0.25) is 0 Å². The van der Waals surface area contributed by atoms with Crippen LogP contribution >= 0.6 is 0 Å². The van der Waals surface area contributed by atoms with E-state index in [-0.39, 0.29) is 17.1 Å². The third-order valence-corrected chi connectivity index (χ3v) is 7.78. The third-order valence-electron chi connectivity index (χ3n) is 7.78. The quantitative estimate of drug-likeness (QED) is 0.182. The second kappa shape index (κ2) is 14.9. The van der Waals surface area contributed by atoms with Gasteiger partial charge in [-0.05, 0) is 55.0 Å². The molecule has 12 nitrogen and oxygen atoms in total. The Bertz CT molecular complexity index is 1960. The summed E-state index contributed by atoms with van der Waals surface area (Å²) in [6.07, 6.45) is 5.20. The molecule has 6 rings (SSSR count). The lowest BCUT2D eigenvalue weighted by molar-refractivity contribution is 0.0357. The van der Waals surface area contributed by atoms with Crippen molar-refractivity contribution in [3.05, 3.63) is 101 Å². The molecule has 48 heavy (non-hydrogen) atoms. The van der Waals surface area contributed by atoms with Crippen molar-refractivity contribution in [3.8, 4) is 34.4 Å². The van der Waals surface area contributed by atoms with Gasteiger partial charge >= 0.3 is 0 Å². The lowest BCUT2D eigenvalue weighted by Crippen LogP contribution is -2.37. The molecule has 1 fully saturated rings. The Morgan fingerprint density at radius 2 is 1.73 bits per heavy atom. The summed E-state index contributed by atoms with van der Waals surface area (Å²) in [5.41, 5.74) is 0.224. The number of pyridine rings is 1. The lowest BCUT2D eigenvalue weighted by atomic mass is 10.1. The summed E-state index contributed by atoms with van der Waals surface area (Å²) in [4.78, 5) is 36.8. The molecule has 1 saturated heterocycles. The first-order valence-electron chi connectivity index (χ1n) is 15.3. The van der Waals surface area contributed by atoms with Crippen molar-refractivity contribution in [1.82, 2.24) is 19.4 Å². The lowest BCUT2D eigenvalue weighted by Gasteiger charge is -2.26. The minimum Gasteiger partial charge on any atom is -0.497 e. The summed E-state index contributed by atoms with van der Waals surface area (Å²) in [6, 6.07) is 15.8.